The first-order valence-electron chi connectivity index (χ1n) is 10.1. The number of carboxylic acid groups (broad SMARTS) is 1. The van der Waals surface area contributed by atoms with E-state index in [1.165, 1.54) is 15.9 Å². The molecule has 3 rings (SSSR count). The zero-order valence-corrected chi connectivity index (χ0v) is 19.2. The zero-order chi connectivity index (χ0) is 20.8. The summed E-state index contributed by atoms with van der Waals surface area (Å²) in [6.45, 7) is 2.23. The Labute approximate surface area is 181 Å². The summed E-state index contributed by atoms with van der Waals surface area (Å²) in [6.07, 6.45) is 2.68. The summed E-state index contributed by atoms with van der Waals surface area (Å²) in [4.78, 5) is 11.2. The molecular formula is C25H28BrO2P. The van der Waals surface area contributed by atoms with Crippen LogP contribution in [-0.2, 0) is 4.79 Å². The van der Waals surface area contributed by atoms with Crippen molar-refractivity contribution in [3.63, 3.8) is 0 Å². The molecule has 3 aromatic rings. The van der Waals surface area contributed by atoms with Gasteiger partial charge in [-0.15, -0.1) is 0 Å². The van der Waals surface area contributed by atoms with Crippen molar-refractivity contribution in [2.75, 3.05) is 0 Å². The standard InChI is InChI=1S/C25H28BrO2P/c1-2-21(19-12-20-25(27)28)29(26,22-13-6-3-7-14-22,23-15-8-4-9-16-23)24-17-10-5-11-18-24/h3-11,13-18,21H,2,12,19-20H2,1H3,(H,27,28). The molecule has 0 spiro atoms. The van der Waals surface area contributed by atoms with E-state index in [-0.39, 0.29) is 12.1 Å². The van der Waals surface area contributed by atoms with Crippen molar-refractivity contribution < 1.29 is 9.90 Å². The van der Waals surface area contributed by atoms with Gasteiger partial charge in [0, 0.05) is 0 Å². The van der Waals surface area contributed by atoms with Gasteiger partial charge < -0.3 is 0 Å². The number of halogens is 1. The molecule has 4 heteroatoms. The Kier molecular flexibility index (Phi) is 6.93. The minimum atomic E-state index is -3.03. The van der Waals surface area contributed by atoms with Crippen LogP contribution in [0.1, 0.15) is 32.6 Å². The topological polar surface area (TPSA) is 37.3 Å². The van der Waals surface area contributed by atoms with Crippen LogP contribution in [0.2, 0.25) is 0 Å². The predicted octanol–water partition coefficient (Wildman–Crippen LogP) is 5.86. The van der Waals surface area contributed by atoms with Crippen LogP contribution < -0.4 is 15.9 Å². The van der Waals surface area contributed by atoms with Crippen molar-refractivity contribution in [3.05, 3.63) is 91.0 Å². The Morgan fingerprint density at radius 2 is 1.21 bits per heavy atom. The molecule has 0 amide bonds. The second-order valence-corrected chi connectivity index (χ2v) is 16.3. The van der Waals surface area contributed by atoms with Crippen molar-refractivity contribution in [3.8, 4) is 0 Å². The van der Waals surface area contributed by atoms with Crippen molar-refractivity contribution in [1.82, 2.24) is 0 Å². The van der Waals surface area contributed by atoms with Gasteiger partial charge in [-0.3, -0.25) is 0 Å². The van der Waals surface area contributed by atoms with Gasteiger partial charge in [0.1, 0.15) is 0 Å². The summed E-state index contributed by atoms with van der Waals surface area (Å²) < 4.78 is 0. The van der Waals surface area contributed by atoms with Crippen LogP contribution in [0.15, 0.2) is 91.0 Å². The van der Waals surface area contributed by atoms with Crippen molar-refractivity contribution in [2.45, 2.75) is 38.3 Å². The van der Waals surface area contributed by atoms with Gasteiger partial charge >= 0.3 is 182 Å². The van der Waals surface area contributed by atoms with E-state index >= 15 is 0 Å². The second kappa shape index (κ2) is 9.24. The Morgan fingerprint density at radius 3 is 1.52 bits per heavy atom. The van der Waals surface area contributed by atoms with Gasteiger partial charge in [-0.25, -0.2) is 0 Å². The normalized spacial score (nSPS) is 13.9. The fourth-order valence-corrected chi connectivity index (χ4v) is 13.9. The average molecular weight is 471 g/mol. The fraction of sp³-hybridized carbons (Fsp3) is 0.240. The van der Waals surface area contributed by atoms with Gasteiger partial charge in [0.05, 0.1) is 0 Å². The molecule has 0 aliphatic heterocycles. The number of hydrogen-bond acceptors (Lipinski definition) is 1. The first-order valence-corrected chi connectivity index (χ1v) is 14.5. The molecule has 0 fully saturated rings. The Hall–Kier alpha value is -1.96. The number of aliphatic carboxylic acids is 1. The Morgan fingerprint density at radius 1 is 0.828 bits per heavy atom. The number of rotatable bonds is 9. The Balaban J connectivity index is 2.33. The molecule has 0 aliphatic rings. The minimum absolute atomic E-state index is 0.203. The van der Waals surface area contributed by atoms with Crippen molar-refractivity contribution >= 4 is 42.7 Å². The van der Waals surface area contributed by atoms with Crippen LogP contribution in [0, 0.1) is 0 Å². The van der Waals surface area contributed by atoms with Gasteiger partial charge in [-0.1, -0.05) is 0 Å². The second-order valence-electron chi connectivity index (χ2n) is 7.43. The van der Waals surface area contributed by atoms with Crippen LogP contribution in [0.25, 0.3) is 0 Å². The average Bonchev–Trinajstić information content (AvgIpc) is 2.78. The van der Waals surface area contributed by atoms with Gasteiger partial charge in [-0.2, -0.15) is 0 Å². The maximum absolute atomic E-state index is 11.2. The summed E-state index contributed by atoms with van der Waals surface area (Å²) in [7, 11) is 0. The molecule has 2 nitrogen and oxygen atoms in total. The molecular weight excluding hydrogens is 443 g/mol. The van der Waals surface area contributed by atoms with Crippen LogP contribution in [-0.4, -0.2) is 16.7 Å². The number of benzene rings is 3. The molecule has 0 aromatic heterocycles. The van der Waals surface area contributed by atoms with E-state index in [9.17, 15) is 9.90 Å². The molecule has 0 radical (unpaired) electrons. The summed E-state index contributed by atoms with van der Waals surface area (Å²) in [5.41, 5.74) is 0.285. The molecule has 3 aromatic carbocycles. The van der Waals surface area contributed by atoms with E-state index in [1.807, 2.05) is 0 Å². The molecule has 0 bridgehead atoms. The van der Waals surface area contributed by atoms with E-state index in [2.05, 4.69) is 113 Å². The summed E-state index contributed by atoms with van der Waals surface area (Å²) in [6, 6.07) is 32.2. The number of carbonyl (C=O) groups is 1. The first-order chi connectivity index (χ1) is 14.0. The quantitative estimate of drug-likeness (QED) is 0.397. The monoisotopic (exact) mass is 470 g/mol. The van der Waals surface area contributed by atoms with E-state index in [0.29, 0.717) is 6.42 Å². The van der Waals surface area contributed by atoms with Crippen LogP contribution in [0.4, 0.5) is 0 Å². The van der Waals surface area contributed by atoms with Gasteiger partial charge in [0.2, 0.25) is 0 Å². The molecule has 0 saturated heterocycles. The summed E-state index contributed by atoms with van der Waals surface area (Å²) in [5.74, 6) is -0.728. The summed E-state index contributed by atoms with van der Waals surface area (Å²) >= 11 is 4.49. The van der Waals surface area contributed by atoms with Crippen molar-refractivity contribution in [1.29, 1.82) is 0 Å². The summed E-state index contributed by atoms with van der Waals surface area (Å²) in [5, 5.41) is 10.1. The third-order valence-electron chi connectivity index (χ3n) is 5.87. The van der Waals surface area contributed by atoms with E-state index in [4.69, 9.17) is 0 Å². The number of carboxylic acids is 1. The molecule has 152 valence electrons. The molecule has 1 unspecified atom stereocenters. The molecule has 1 atom stereocenters. The Bertz CT molecular complexity index is 829. The maximum atomic E-state index is 11.2. The van der Waals surface area contributed by atoms with Crippen LogP contribution in [0.5, 0.6) is 0 Å². The fourth-order valence-electron chi connectivity index (χ4n) is 4.52. The first kappa shape index (κ1) is 21.7. The SMILES string of the molecule is CCC(CCCC(=O)O)P(Br)(c1ccccc1)(c1ccccc1)c1ccccc1. The van der Waals surface area contributed by atoms with Crippen LogP contribution >= 0.6 is 20.8 Å². The van der Waals surface area contributed by atoms with Gasteiger partial charge in [-0.05, 0) is 0 Å². The van der Waals surface area contributed by atoms with Gasteiger partial charge in [0.15, 0.2) is 0 Å². The molecule has 29 heavy (non-hydrogen) atoms. The molecule has 1 N–H and O–H groups in total. The molecule has 0 heterocycles. The predicted molar refractivity (Wildman–Crippen MR) is 130 cm³/mol. The van der Waals surface area contributed by atoms with E-state index in [1.54, 1.807) is 0 Å². The van der Waals surface area contributed by atoms with E-state index < -0.39 is 11.3 Å². The number of hydrogen-bond donors (Lipinski definition) is 1. The van der Waals surface area contributed by atoms with Crippen LogP contribution in [0.3, 0.4) is 0 Å². The van der Waals surface area contributed by atoms with Gasteiger partial charge in [0.25, 0.3) is 0 Å². The molecule has 0 aliphatic carbocycles. The zero-order valence-electron chi connectivity index (χ0n) is 16.7. The third-order valence-corrected chi connectivity index (χ3v) is 17.2. The molecule has 0 saturated carbocycles. The third kappa shape index (κ3) is 3.91. The van der Waals surface area contributed by atoms with E-state index in [0.717, 1.165) is 12.8 Å². The van der Waals surface area contributed by atoms with Crippen molar-refractivity contribution in [2.24, 2.45) is 0 Å².